The quantitative estimate of drug-likeness (QED) is 0.584. The highest BCUT2D eigenvalue weighted by molar-refractivity contribution is 5.81. The summed E-state index contributed by atoms with van der Waals surface area (Å²) in [5, 5.41) is 0.424. The maximum atomic E-state index is 13.1. The van der Waals surface area contributed by atoms with E-state index >= 15 is 0 Å². The predicted molar refractivity (Wildman–Crippen MR) is 112 cm³/mol. The second kappa shape index (κ2) is 9.34. The van der Waals surface area contributed by atoms with E-state index in [1.54, 1.807) is 43.2 Å². The first kappa shape index (κ1) is 20.5. The minimum Gasteiger partial charge on any atom is -0.383 e. The summed E-state index contributed by atoms with van der Waals surface area (Å²) < 4.78 is 7.69. The van der Waals surface area contributed by atoms with Crippen LogP contribution in [0.15, 0.2) is 64.2 Å². The zero-order valence-corrected chi connectivity index (χ0v) is 16.7. The Kier molecular flexibility index (Phi) is 6.61. The normalized spacial score (nSPS) is 11.0. The van der Waals surface area contributed by atoms with Crippen molar-refractivity contribution in [3.63, 3.8) is 0 Å². The lowest BCUT2D eigenvalue weighted by Gasteiger charge is -2.23. The van der Waals surface area contributed by atoms with Gasteiger partial charge in [0.25, 0.3) is 5.56 Å². The lowest BCUT2D eigenvalue weighted by atomic mass is 10.2. The maximum absolute atomic E-state index is 13.1. The second-order valence-electron chi connectivity index (χ2n) is 6.73. The molecule has 1 heterocycles. The molecular weight excluding hydrogens is 370 g/mol. The van der Waals surface area contributed by atoms with Crippen LogP contribution in [0.25, 0.3) is 10.9 Å². The number of carbonyl (C=O) groups excluding carboxylic acids is 1. The van der Waals surface area contributed by atoms with Gasteiger partial charge in [-0.3, -0.25) is 18.7 Å². The highest BCUT2D eigenvalue weighted by Crippen LogP contribution is 2.10. The summed E-state index contributed by atoms with van der Waals surface area (Å²) in [7, 11) is 1.58. The Morgan fingerprint density at radius 1 is 1.00 bits per heavy atom. The number of benzene rings is 2. The van der Waals surface area contributed by atoms with Gasteiger partial charge in [0.05, 0.1) is 17.5 Å². The van der Waals surface area contributed by atoms with Crippen LogP contribution < -0.4 is 11.2 Å². The Hall–Kier alpha value is -3.19. The largest absolute Gasteiger partial charge is 0.383 e. The zero-order chi connectivity index (χ0) is 20.8. The predicted octanol–water partition coefficient (Wildman–Crippen LogP) is 1.86. The number of rotatable bonds is 8. The van der Waals surface area contributed by atoms with E-state index in [9.17, 15) is 14.4 Å². The van der Waals surface area contributed by atoms with Gasteiger partial charge in [0.1, 0.15) is 6.54 Å². The van der Waals surface area contributed by atoms with Crippen molar-refractivity contribution in [3.8, 4) is 0 Å². The summed E-state index contributed by atoms with van der Waals surface area (Å²) in [5.74, 6) is -0.209. The van der Waals surface area contributed by atoms with Crippen molar-refractivity contribution in [2.24, 2.45) is 0 Å². The highest BCUT2D eigenvalue weighted by atomic mass is 16.5. The number of ether oxygens (including phenoxy) is 1. The molecule has 0 unspecified atom stereocenters. The number of nitrogens with zero attached hydrogens (tertiary/aromatic N) is 3. The molecule has 0 atom stereocenters. The Morgan fingerprint density at radius 2 is 1.69 bits per heavy atom. The summed E-state index contributed by atoms with van der Waals surface area (Å²) in [5.41, 5.74) is 0.646. The number of aromatic nitrogens is 2. The van der Waals surface area contributed by atoms with Gasteiger partial charge in [-0.05, 0) is 24.6 Å². The molecule has 0 bridgehead atoms. The van der Waals surface area contributed by atoms with E-state index in [0.717, 1.165) is 10.1 Å². The maximum Gasteiger partial charge on any atom is 0.331 e. The van der Waals surface area contributed by atoms with Crippen LogP contribution in [-0.4, -0.2) is 40.2 Å². The molecule has 0 spiro atoms. The van der Waals surface area contributed by atoms with Gasteiger partial charge < -0.3 is 9.64 Å². The average Bonchev–Trinajstić information content (AvgIpc) is 2.75. The molecule has 0 radical (unpaired) electrons. The van der Waals surface area contributed by atoms with Gasteiger partial charge in [-0.15, -0.1) is 0 Å². The van der Waals surface area contributed by atoms with Crippen LogP contribution in [-0.2, 0) is 29.2 Å². The smallest absolute Gasteiger partial charge is 0.331 e. The standard InChI is InChI=1S/C22H25N3O4/c1-3-24-21(27)18-11-7-8-12-19(18)25(22(24)28)16-20(26)23(13-14-29-2)15-17-9-5-4-6-10-17/h4-12H,3,13-16H2,1-2H3. The molecule has 7 heteroatoms. The fraction of sp³-hybridized carbons (Fsp3) is 0.318. The third-order valence-electron chi connectivity index (χ3n) is 4.88. The van der Waals surface area contributed by atoms with Crippen LogP contribution in [0.5, 0.6) is 0 Å². The summed E-state index contributed by atoms with van der Waals surface area (Å²) in [6.07, 6.45) is 0. The first-order valence-corrected chi connectivity index (χ1v) is 9.59. The molecule has 3 rings (SSSR count). The van der Waals surface area contributed by atoms with Crippen LogP contribution in [0, 0.1) is 0 Å². The third-order valence-corrected chi connectivity index (χ3v) is 4.88. The molecule has 3 aromatic rings. The van der Waals surface area contributed by atoms with Gasteiger partial charge in [0.2, 0.25) is 5.91 Å². The number of methoxy groups -OCH3 is 1. The number of carbonyl (C=O) groups is 1. The molecule has 0 aliphatic rings. The van der Waals surface area contributed by atoms with E-state index in [1.807, 2.05) is 30.3 Å². The number of para-hydroxylation sites is 1. The van der Waals surface area contributed by atoms with Gasteiger partial charge in [-0.1, -0.05) is 42.5 Å². The molecule has 1 amide bonds. The molecule has 7 nitrogen and oxygen atoms in total. The number of hydrogen-bond donors (Lipinski definition) is 0. The van der Waals surface area contributed by atoms with Gasteiger partial charge in [0.15, 0.2) is 0 Å². The van der Waals surface area contributed by atoms with Crippen molar-refractivity contribution < 1.29 is 9.53 Å². The van der Waals surface area contributed by atoms with Gasteiger partial charge >= 0.3 is 5.69 Å². The van der Waals surface area contributed by atoms with Crippen LogP contribution in [0.1, 0.15) is 12.5 Å². The number of hydrogen-bond acceptors (Lipinski definition) is 4. The Labute approximate surface area is 168 Å². The van der Waals surface area contributed by atoms with Crippen molar-refractivity contribution in [2.75, 3.05) is 20.3 Å². The van der Waals surface area contributed by atoms with Gasteiger partial charge in [0, 0.05) is 26.7 Å². The van der Waals surface area contributed by atoms with Crippen LogP contribution in [0.3, 0.4) is 0 Å². The lowest BCUT2D eigenvalue weighted by molar-refractivity contribution is -0.133. The van der Waals surface area contributed by atoms with E-state index < -0.39 is 5.69 Å². The lowest BCUT2D eigenvalue weighted by Crippen LogP contribution is -2.43. The van der Waals surface area contributed by atoms with E-state index in [2.05, 4.69) is 0 Å². The van der Waals surface area contributed by atoms with Gasteiger partial charge in [-0.2, -0.15) is 0 Å². The van der Waals surface area contributed by atoms with Crippen LogP contribution >= 0.6 is 0 Å². The molecule has 0 N–H and O–H groups in total. The summed E-state index contributed by atoms with van der Waals surface area (Å²) in [4.78, 5) is 40.3. The summed E-state index contributed by atoms with van der Waals surface area (Å²) in [6.45, 7) is 3.06. The fourth-order valence-corrected chi connectivity index (χ4v) is 3.34. The number of fused-ring (bicyclic) bond motifs is 1. The van der Waals surface area contributed by atoms with Crippen LogP contribution in [0.2, 0.25) is 0 Å². The molecule has 1 aromatic heterocycles. The van der Waals surface area contributed by atoms with Crippen molar-refractivity contribution >= 4 is 16.8 Å². The highest BCUT2D eigenvalue weighted by Gasteiger charge is 2.19. The molecule has 29 heavy (non-hydrogen) atoms. The van der Waals surface area contributed by atoms with Crippen LogP contribution in [0.4, 0.5) is 0 Å². The minimum atomic E-state index is -0.476. The Balaban J connectivity index is 1.98. The first-order chi connectivity index (χ1) is 14.1. The molecule has 0 saturated heterocycles. The first-order valence-electron chi connectivity index (χ1n) is 9.59. The monoisotopic (exact) mass is 395 g/mol. The van der Waals surface area contributed by atoms with Crippen molar-refractivity contribution in [1.29, 1.82) is 0 Å². The van der Waals surface area contributed by atoms with Crippen molar-refractivity contribution in [1.82, 2.24) is 14.0 Å². The minimum absolute atomic E-state index is 0.143. The van der Waals surface area contributed by atoms with Crippen molar-refractivity contribution in [2.45, 2.75) is 26.6 Å². The number of amides is 1. The third kappa shape index (κ3) is 4.46. The van der Waals surface area contributed by atoms with Crippen molar-refractivity contribution in [3.05, 3.63) is 81.0 Å². The SMILES string of the molecule is CCn1c(=O)c2ccccc2n(CC(=O)N(CCOC)Cc2ccccc2)c1=O. The second-order valence-corrected chi connectivity index (χ2v) is 6.73. The van der Waals surface area contributed by atoms with E-state index in [1.165, 1.54) is 4.57 Å². The summed E-state index contributed by atoms with van der Waals surface area (Å²) >= 11 is 0. The van der Waals surface area contributed by atoms with Gasteiger partial charge in [-0.25, -0.2) is 4.79 Å². The molecule has 0 aliphatic carbocycles. The Morgan fingerprint density at radius 3 is 2.38 bits per heavy atom. The molecule has 152 valence electrons. The molecular formula is C22H25N3O4. The fourth-order valence-electron chi connectivity index (χ4n) is 3.34. The Bertz CT molecular complexity index is 1100. The van der Waals surface area contributed by atoms with E-state index in [4.69, 9.17) is 4.74 Å². The average molecular weight is 395 g/mol. The molecule has 0 saturated carbocycles. The van der Waals surface area contributed by atoms with E-state index in [-0.39, 0.29) is 24.6 Å². The zero-order valence-electron chi connectivity index (χ0n) is 16.7. The molecule has 0 aliphatic heterocycles. The summed E-state index contributed by atoms with van der Waals surface area (Å²) in [6, 6.07) is 16.5. The molecule has 0 fully saturated rings. The molecule has 2 aromatic carbocycles. The topological polar surface area (TPSA) is 73.5 Å². The van der Waals surface area contributed by atoms with E-state index in [0.29, 0.717) is 30.6 Å².